The van der Waals surface area contributed by atoms with E-state index in [0.717, 1.165) is 31.7 Å². The minimum atomic E-state index is -0.564. The van der Waals surface area contributed by atoms with Crippen LogP contribution in [0.1, 0.15) is 38.2 Å². The third-order valence-electron chi connectivity index (χ3n) is 3.94. The molecule has 3 nitrogen and oxygen atoms in total. The SMILES string of the molecule is CCOC(=O)C1CCC(NCc2ccc(F)cc2F)CC1. The van der Waals surface area contributed by atoms with Crippen molar-refractivity contribution in [3.8, 4) is 0 Å². The molecule has 0 aliphatic heterocycles. The van der Waals surface area contributed by atoms with Gasteiger partial charge in [-0.1, -0.05) is 6.07 Å². The molecule has 0 aromatic heterocycles. The number of hydrogen-bond acceptors (Lipinski definition) is 3. The van der Waals surface area contributed by atoms with E-state index in [2.05, 4.69) is 5.32 Å². The monoisotopic (exact) mass is 297 g/mol. The molecule has 1 fully saturated rings. The molecule has 1 aromatic carbocycles. The highest BCUT2D eigenvalue weighted by Gasteiger charge is 2.26. The Hall–Kier alpha value is -1.49. The van der Waals surface area contributed by atoms with Crippen LogP contribution in [0.3, 0.4) is 0 Å². The van der Waals surface area contributed by atoms with Crippen LogP contribution in [-0.2, 0) is 16.1 Å². The highest BCUT2D eigenvalue weighted by Crippen LogP contribution is 2.25. The molecule has 0 heterocycles. The lowest BCUT2D eigenvalue weighted by atomic mass is 9.86. The van der Waals surface area contributed by atoms with E-state index in [4.69, 9.17) is 4.74 Å². The molecule has 1 aliphatic carbocycles. The van der Waals surface area contributed by atoms with Gasteiger partial charge in [0.05, 0.1) is 12.5 Å². The Kier molecular flexibility index (Phi) is 5.67. The van der Waals surface area contributed by atoms with Crippen molar-refractivity contribution in [3.63, 3.8) is 0 Å². The number of esters is 1. The zero-order valence-corrected chi connectivity index (χ0v) is 12.2. The fourth-order valence-electron chi connectivity index (χ4n) is 2.71. The highest BCUT2D eigenvalue weighted by atomic mass is 19.1. The maximum atomic E-state index is 13.5. The van der Waals surface area contributed by atoms with Gasteiger partial charge in [-0.3, -0.25) is 4.79 Å². The van der Waals surface area contributed by atoms with Gasteiger partial charge in [0, 0.05) is 24.2 Å². The van der Waals surface area contributed by atoms with E-state index in [0.29, 0.717) is 18.7 Å². The molecule has 21 heavy (non-hydrogen) atoms. The summed E-state index contributed by atoms with van der Waals surface area (Å²) in [7, 11) is 0. The van der Waals surface area contributed by atoms with Crippen LogP contribution in [0, 0.1) is 17.6 Å². The molecule has 0 saturated heterocycles. The normalized spacial score (nSPS) is 22.0. The number of ether oxygens (including phenoxy) is 1. The molecular weight excluding hydrogens is 276 g/mol. The average Bonchev–Trinajstić information content (AvgIpc) is 2.47. The predicted molar refractivity (Wildman–Crippen MR) is 75.6 cm³/mol. The molecule has 1 N–H and O–H groups in total. The van der Waals surface area contributed by atoms with E-state index >= 15 is 0 Å². The highest BCUT2D eigenvalue weighted by molar-refractivity contribution is 5.72. The molecule has 116 valence electrons. The summed E-state index contributed by atoms with van der Waals surface area (Å²) in [6.07, 6.45) is 3.32. The van der Waals surface area contributed by atoms with Crippen molar-refractivity contribution in [1.29, 1.82) is 0 Å². The molecule has 0 bridgehead atoms. The lowest BCUT2D eigenvalue weighted by Crippen LogP contribution is -2.35. The van der Waals surface area contributed by atoms with Crippen LogP contribution in [0.25, 0.3) is 0 Å². The van der Waals surface area contributed by atoms with E-state index in [-0.39, 0.29) is 17.9 Å². The fraction of sp³-hybridized carbons (Fsp3) is 0.562. The van der Waals surface area contributed by atoms with E-state index in [1.165, 1.54) is 12.1 Å². The van der Waals surface area contributed by atoms with Crippen molar-refractivity contribution in [2.45, 2.75) is 45.2 Å². The second-order valence-electron chi connectivity index (χ2n) is 5.42. The minimum absolute atomic E-state index is 0.00874. The number of benzene rings is 1. The largest absolute Gasteiger partial charge is 0.466 e. The van der Waals surface area contributed by atoms with Crippen molar-refractivity contribution in [1.82, 2.24) is 5.32 Å². The van der Waals surface area contributed by atoms with Gasteiger partial charge in [-0.25, -0.2) is 8.78 Å². The Morgan fingerprint density at radius 2 is 2.00 bits per heavy atom. The molecule has 0 unspecified atom stereocenters. The van der Waals surface area contributed by atoms with Crippen molar-refractivity contribution < 1.29 is 18.3 Å². The Bertz CT molecular complexity index is 485. The van der Waals surface area contributed by atoms with E-state index < -0.39 is 11.6 Å². The third-order valence-corrected chi connectivity index (χ3v) is 3.94. The molecule has 0 spiro atoms. The summed E-state index contributed by atoms with van der Waals surface area (Å²) in [5.74, 6) is -1.21. The maximum Gasteiger partial charge on any atom is 0.308 e. The van der Waals surface area contributed by atoms with Crippen molar-refractivity contribution in [3.05, 3.63) is 35.4 Å². The van der Waals surface area contributed by atoms with Gasteiger partial charge < -0.3 is 10.1 Å². The first-order chi connectivity index (χ1) is 10.1. The van der Waals surface area contributed by atoms with Crippen LogP contribution in [0.2, 0.25) is 0 Å². The molecule has 1 aromatic rings. The third kappa shape index (κ3) is 4.49. The maximum absolute atomic E-state index is 13.5. The number of hydrogen-bond donors (Lipinski definition) is 1. The fourth-order valence-corrected chi connectivity index (χ4v) is 2.71. The van der Waals surface area contributed by atoms with E-state index in [1.807, 2.05) is 6.92 Å². The second kappa shape index (κ2) is 7.50. The first-order valence-electron chi connectivity index (χ1n) is 7.44. The first kappa shape index (κ1) is 15.9. The van der Waals surface area contributed by atoms with Crippen LogP contribution in [0.15, 0.2) is 18.2 Å². The summed E-state index contributed by atoms with van der Waals surface area (Å²) >= 11 is 0. The Balaban J connectivity index is 1.77. The van der Waals surface area contributed by atoms with E-state index in [1.54, 1.807) is 0 Å². The quantitative estimate of drug-likeness (QED) is 0.848. The summed E-state index contributed by atoms with van der Waals surface area (Å²) in [6, 6.07) is 3.88. The van der Waals surface area contributed by atoms with Gasteiger partial charge in [0.15, 0.2) is 0 Å². The van der Waals surface area contributed by atoms with Crippen LogP contribution >= 0.6 is 0 Å². The van der Waals surface area contributed by atoms with Gasteiger partial charge in [0.25, 0.3) is 0 Å². The minimum Gasteiger partial charge on any atom is -0.466 e. The lowest BCUT2D eigenvalue weighted by molar-refractivity contribution is -0.149. The van der Waals surface area contributed by atoms with Crippen LogP contribution in [0.5, 0.6) is 0 Å². The number of carbonyl (C=O) groups is 1. The Morgan fingerprint density at radius 1 is 1.29 bits per heavy atom. The number of halogens is 2. The summed E-state index contributed by atoms with van der Waals surface area (Å²) in [4.78, 5) is 11.6. The predicted octanol–water partition coefficient (Wildman–Crippen LogP) is 3.18. The number of rotatable bonds is 5. The molecule has 1 aliphatic rings. The zero-order chi connectivity index (χ0) is 15.2. The van der Waals surface area contributed by atoms with Crippen LogP contribution in [-0.4, -0.2) is 18.6 Å². The van der Waals surface area contributed by atoms with Crippen molar-refractivity contribution in [2.75, 3.05) is 6.61 Å². The topological polar surface area (TPSA) is 38.3 Å². The Labute approximate surface area is 123 Å². The molecule has 1 saturated carbocycles. The molecule has 0 atom stereocenters. The van der Waals surface area contributed by atoms with Gasteiger partial charge in [-0.2, -0.15) is 0 Å². The molecular formula is C16H21F2NO2. The van der Waals surface area contributed by atoms with Gasteiger partial charge in [0.1, 0.15) is 11.6 Å². The van der Waals surface area contributed by atoms with Crippen molar-refractivity contribution >= 4 is 5.97 Å². The average molecular weight is 297 g/mol. The summed E-state index contributed by atoms with van der Waals surface area (Å²) < 4.78 is 31.4. The van der Waals surface area contributed by atoms with Crippen LogP contribution < -0.4 is 5.32 Å². The van der Waals surface area contributed by atoms with Gasteiger partial charge in [-0.05, 0) is 38.7 Å². The molecule has 0 radical (unpaired) electrons. The summed E-state index contributed by atoms with van der Waals surface area (Å²) in [5, 5.41) is 3.28. The van der Waals surface area contributed by atoms with Crippen LogP contribution in [0.4, 0.5) is 8.78 Å². The number of carbonyl (C=O) groups excluding carboxylic acids is 1. The second-order valence-corrected chi connectivity index (χ2v) is 5.42. The zero-order valence-electron chi connectivity index (χ0n) is 12.2. The smallest absolute Gasteiger partial charge is 0.308 e. The summed E-state index contributed by atoms with van der Waals surface area (Å²) in [5.41, 5.74) is 0.462. The lowest BCUT2D eigenvalue weighted by Gasteiger charge is -2.28. The van der Waals surface area contributed by atoms with Gasteiger partial charge in [0.2, 0.25) is 0 Å². The molecule has 2 rings (SSSR count). The standard InChI is InChI=1S/C16H21F2NO2/c1-2-21-16(20)11-4-7-14(8-5-11)19-10-12-3-6-13(17)9-15(12)18/h3,6,9,11,14,19H,2,4-5,7-8,10H2,1H3. The van der Waals surface area contributed by atoms with Gasteiger partial charge >= 0.3 is 5.97 Å². The Morgan fingerprint density at radius 3 is 2.62 bits per heavy atom. The van der Waals surface area contributed by atoms with E-state index in [9.17, 15) is 13.6 Å². The first-order valence-corrected chi connectivity index (χ1v) is 7.44. The number of nitrogens with one attached hydrogen (secondary N) is 1. The molecule has 0 amide bonds. The summed E-state index contributed by atoms with van der Waals surface area (Å²) in [6.45, 7) is 2.60. The van der Waals surface area contributed by atoms with Gasteiger partial charge in [-0.15, -0.1) is 0 Å². The van der Waals surface area contributed by atoms with Crippen molar-refractivity contribution in [2.24, 2.45) is 5.92 Å². The molecule has 5 heteroatoms.